The minimum atomic E-state index is -1.03. The Kier molecular flexibility index (Phi) is 11.6. The molecule has 0 aromatic carbocycles. The zero-order valence-corrected chi connectivity index (χ0v) is 31.8. The number of nitrogens with zero attached hydrogens (tertiary/aromatic N) is 1. The van der Waals surface area contributed by atoms with E-state index < -0.39 is 17.2 Å². The van der Waals surface area contributed by atoms with Crippen LogP contribution >= 0.6 is 21.6 Å². The molecule has 7 aliphatic rings. The summed E-state index contributed by atoms with van der Waals surface area (Å²) in [5.74, 6) is 1.58. The number of hydrogen-bond donors (Lipinski definition) is 4. The summed E-state index contributed by atoms with van der Waals surface area (Å²) in [5.41, 5.74) is 6.59. The Morgan fingerprint density at radius 3 is 2.73 bits per heavy atom. The van der Waals surface area contributed by atoms with Crippen LogP contribution in [0.25, 0.3) is 0 Å². The Labute approximate surface area is 310 Å². The van der Waals surface area contributed by atoms with Crippen LogP contribution in [0.15, 0.2) is 23.3 Å². The third kappa shape index (κ3) is 7.18. The molecule has 11 nitrogen and oxygen atoms in total. The molecule has 8 unspecified atom stereocenters. The van der Waals surface area contributed by atoms with Crippen molar-refractivity contribution in [3.05, 3.63) is 23.3 Å². The number of amides is 1. The van der Waals surface area contributed by atoms with E-state index >= 15 is 0 Å². The van der Waals surface area contributed by atoms with Crippen molar-refractivity contribution in [2.45, 2.75) is 120 Å². The molecule has 1 amide bonds. The van der Waals surface area contributed by atoms with Crippen LogP contribution in [0.4, 0.5) is 0 Å². The van der Waals surface area contributed by atoms with Gasteiger partial charge >= 0.3 is 11.9 Å². The van der Waals surface area contributed by atoms with Crippen molar-refractivity contribution in [1.29, 1.82) is 0 Å². The lowest BCUT2D eigenvalue weighted by atomic mass is 9.56. The third-order valence-electron chi connectivity index (χ3n) is 13.6. The molecule has 0 aromatic heterocycles. The van der Waals surface area contributed by atoms with Crippen LogP contribution in [0.5, 0.6) is 0 Å². The molecule has 284 valence electrons. The number of fused-ring (bicyclic) bond motifs is 7. The summed E-state index contributed by atoms with van der Waals surface area (Å²) in [5, 5.41) is 21.4. The number of carbonyl (C=O) groups is 3. The Bertz CT molecular complexity index is 1400. The first-order valence-corrected chi connectivity index (χ1v) is 21.9. The van der Waals surface area contributed by atoms with Gasteiger partial charge in [0.15, 0.2) is 0 Å². The van der Waals surface area contributed by atoms with Crippen molar-refractivity contribution in [3.8, 4) is 0 Å². The largest absolute Gasteiger partial charge is 0.462 e. The zero-order chi connectivity index (χ0) is 35.9. The van der Waals surface area contributed by atoms with E-state index in [9.17, 15) is 24.6 Å². The van der Waals surface area contributed by atoms with Crippen molar-refractivity contribution in [1.82, 2.24) is 4.90 Å². The maximum absolute atomic E-state index is 13.9. The van der Waals surface area contributed by atoms with Crippen LogP contribution in [-0.4, -0.2) is 106 Å². The topological polar surface area (TPSA) is 165 Å². The van der Waals surface area contributed by atoms with Gasteiger partial charge in [0.1, 0.15) is 23.5 Å². The van der Waals surface area contributed by atoms with Gasteiger partial charge in [0.25, 0.3) is 0 Å². The minimum Gasteiger partial charge on any atom is -0.462 e. The lowest BCUT2D eigenvalue weighted by Crippen LogP contribution is -2.96. The number of hydrogen-bond acceptors (Lipinski definition) is 11. The van der Waals surface area contributed by atoms with Crippen molar-refractivity contribution >= 4 is 39.4 Å². The van der Waals surface area contributed by atoms with Gasteiger partial charge in [-0.25, -0.2) is 4.79 Å². The maximum Gasteiger partial charge on any atom is 0.334 e. The third-order valence-corrected chi connectivity index (χ3v) is 16.0. The maximum atomic E-state index is 13.9. The molecule has 0 aromatic rings. The number of aliphatic hydroxyl groups excluding tert-OH is 2. The van der Waals surface area contributed by atoms with Crippen molar-refractivity contribution < 1.29 is 44.1 Å². The molecule has 5 heterocycles. The zero-order valence-electron chi connectivity index (χ0n) is 30.2. The summed E-state index contributed by atoms with van der Waals surface area (Å²) < 4.78 is 20.3. The summed E-state index contributed by atoms with van der Waals surface area (Å²) in [6.45, 7) is 5.33. The van der Waals surface area contributed by atoms with Crippen molar-refractivity contribution in [2.75, 3.05) is 37.8 Å². The Hall–Kier alpha value is -1.61. The minimum absolute atomic E-state index is 0.0463. The fourth-order valence-electron chi connectivity index (χ4n) is 10.8. The van der Waals surface area contributed by atoms with E-state index in [-0.39, 0.29) is 85.4 Å². The molecule has 1 saturated carbocycles. The first-order chi connectivity index (χ1) is 24.6. The van der Waals surface area contributed by atoms with Gasteiger partial charge < -0.3 is 34.6 Å². The van der Waals surface area contributed by atoms with E-state index in [1.807, 2.05) is 28.5 Å². The Balaban J connectivity index is 1.28. The summed E-state index contributed by atoms with van der Waals surface area (Å²) in [6.07, 6.45) is 10.6. The fraction of sp³-hybridized carbons (Fsp3) is 0.816. The Morgan fingerprint density at radius 1 is 1.14 bits per heavy atom. The highest BCUT2D eigenvalue weighted by Crippen LogP contribution is 2.62. The van der Waals surface area contributed by atoms with Crippen LogP contribution in [0.2, 0.25) is 0 Å². The van der Waals surface area contributed by atoms with Gasteiger partial charge in [-0.15, -0.1) is 0 Å². The standard InChI is InChI=1S/C38H57N3O8S2/c1-3-22(8-12-43)36(46)49-37(2)9-6-24-20-50-51-21-28-7-10-41(28)33(44)15-27-19-40-32(39)16-29(27)34(24)38(37)18-26-14-25-13-23(5-4-11-42)35(45)47-30(25)17-31(26)48-38/h3,6,23,25-32,34,40,42-43H,4-5,7-21,39H2,1-2H3/p+1/t23?,25?,26?,27?,28-,29?,30?,31?,32?,34-,37+,38+/m1/s1. The molecule has 6 fully saturated rings. The average molecular weight is 749 g/mol. The van der Waals surface area contributed by atoms with Gasteiger partial charge in [0.05, 0.1) is 18.6 Å². The van der Waals surface area contributed by atoms with Crippen LogP contribution in [0.3, 0.4) is 0 Å². The smallest absolute Gasteiger partial charge is 0.334 e. The number of nitrogens with two attached hydrogens (primary N) is 2. The second kappa shape index (κ2) is 15.6. The van der Waals surface area contributed by atoms with Gasteiger partial charge in [-0.2, -0.15) is 0 Å². The molecule has 12 atom stereocenters. The molecule has 0 bridgehead atoms. The van der Waals surface area contributed by atoms with Gasteiger partial charge in [-0.1, -0.05) is 39.3 Å². The van der Waals surface area contributed by atoms with Crippen LogP contribution in [-0.2, 0) is 28.6 Å². The highest BCUT2D eigenvalue weighted by molar-refractivity contribution is 8.76. The fourth-order valence-corrected chi connectivity index (χ4v) is 13.3. The molecule has 5 aliphatic heterocycles. The average Bonchev–Trinajstić information content (AvgIpc) is 3.45. The van der Waals surface area contributed by atoms with Crippen LogP contribution in [0.1, 0.15) is 84.5 Å². The predicted octanol–water partition coefficient (Wildman–Crippen LogP) is 2.69. The Morgan fingerprint density at radius 2 is 1.98 bits per heavy atom. The van der Waals surface area contributed by atoms with E-state index in [2.05, 4.69) is 16.3 Å². The quantitative estimate of drug-likeness (QED) is 0.131. The van der Waals surface area contributed by atoms with Gasteiger partial charge in [-0.3, -0.25) is 15.3 Å². The monoisotopic (exact) mass is 748 g/mol. The van der Waals surface area contributed by atoms with Gasteiger partial charge in [0.2, 0.25) is 5.91 Å². The first kappa shape index (κ1) is 37.7. The van der Waals surface area contributed by atoms with E-state index in [1.165, 1.54) is 5.57 Å². The number of carbonyl (C=O) groups excluding carboxylic acids is 3. The molecule has 2 aliphatic carbocycles. The molecule has 0 radical (unpaired) electrons. The predicted molar refractivity (Wildman–Crippen MR) is 195 cm³/mol. The summed E-state index contributed by atoms with van der Waals surface area (Å²) in [4.78, 5) is 43.0. The number of allylic oxidation sites excluding steroid dienone is 1. The number of aliphatic hydroxyl groups is 2. The number of quaternary nitrogens is 1. The van der Waals surface area contributed by atoms with Gasteiger partial charge in [0, 0.05) is 86.8 Å². The molecule has 5 saturated heterocycles. The van der Waals surface area contributed by atoms with E-state index in [0.717, 1.165) is 50.3 Å². The highest BCUT2D eigenvalue weighted by atomic mass is 33.1. The van der Waals surface area contributed by atoms with Crippen LogP contribution < -0.4 is 11.1 Å². The molecule has 51 heavy (non-hydrogen) atoms. The second-order valence-electron chi connectivity index (χ2n) is 16.5. The van der Waals surface area contributed by atoms with Gasteiger partial charge in [-0.05, 0) is 70.1 Å². The van der Waals surface area contributed by atoms with E-state index in [4.69, 9.17) is 19.9 Å². The SMILES string of the molecule is CC=C(CCO)C(=O)O[C@@]1(C)CC=C2CSSC[C@H]3CCN3C(=O)CC3C[NH2+]C(N)CC3[C@@H]2[C@@]12CC1CC3CC(CCCO)C(=O)OC3CC1O2. The molecule has 1 spiro atoms. The summed E-state index contributed by atoms with van der Waals surface area (Å²) in [6, 6.07) is 0.301. The lowest BCUT2D eigenvalue weighted by Gasteiger charge is -2.56. The second-order valence-corrected chi connectivity index (χ2v) is 19.0. The molecule has 7 rings (SSSR count). The van der Waals surface area contributed by atoms with Crippen LogP contribution in [0, 0.1) is 35.5 Å². The number of esters is 2. The number of ether oxygens (including phenoxy) is 3. The number of piperidine rings is 1. The van der Waals surface area contributed by atoms with E-state index in [0.29, 0.717) is 50.1 Å². The molecule has 6 N–H and O–H groups in total. The molecular formula is C38H58N3O8S2+. The van der Waals surface area contributed by atoms with E-state index in [1.54, 1.807) is 13.0 Å². The van der Waals surface area contributed by atoms with Crippen molar-refractivity contribution in [3.63, 3.8) is 0 Å². The summed E-state index contributed by atoms with van der Waals surface area (Å²) >= 11 is 0. The normalized spacial score (nSPS) is 42.8. The first-order valence-electron chi connectivity index (χ1n) is 19.4. The number of rotatable bonds is 7. The highest BCUT2D eigenvalue weighted by Gasteiger charge is 2.68. The molecular weight excluding hydrogens is 691 g/mol. The molecule has 13 heteroatoms. The summed E-state index contributed by atoms with van der Waals surface area (Å²) in [7, 11) is 3.69. The lowest BCUT2D eigenvalue weighted by molar-refractivity contribution is -0.706. The van der Waals surface area contributed by atoms with Crippen molar-refractivity contribution in [2.24, 2.45) is 41.2 Å².